The van der Waals surface area contributed by atoms with Gasteiger partial charge in [-0.05, 0) is 45.2 Å². The van der Waals surface area contributed by atoms with Gasteiger partial charge in [0.2, 0.25) is 0 Å². The third kappa shape index (κ3) is 5.10. The normalized spacial score (nSPS) is 17.1. The Morgan fingerprint density at radius 1 is 1.20 bits per heavy atom. The van der Waals surface area contributed by atoms with Gasteiger partial charge in [-0.3, -0.25) is 4.90 Å². The standard InChI is InChI=1S/C18H28N2/c1-15-8-10-20(11-9-15)14-17-7-5-6-16(12-17)13-19-18(2,3)4/h5-8,12,19H,9-11,13-14H2,1-4H3. The molecule has 0 unspecified atom stereocenters. The van der Waals surface area contributed by atoms with Crippen molar-refractivity contribution in [2.75, 3.05) is 13.1 Å². The molecule has 0 fully saturated rings. The van der Waals surface area contributed by atoms with Gasteiger partial charge in [0.1, 0.15) is 0 Å². The number of benzene rings is 1. The molecular weight excluding hydrogens is 244 g/mol. The largest absolute Gasteiger partial charge is 0.308 e. The lowest BCUT2D eigenvalue weighted by Gasteiger charge is -2.25. The first-order valence-electron chi connectivity index (χ1n) is 7.63. The Morgan fingerprint density at radius 3 is 2.60 bits per heavy atom. The highest BCUT2D eigenvalue weighted by atomic mass is 15.1. The number of hydrogen-bond donors (Lipinski definition) is 1. The minimum absolute atomic E-state index is 0.172. The van der Waals surface area contributed by atoms with Crippen molar-refractivity contribution >= 4 is 0 Å². The van der Waals surface area contributed by atoms with Gasteiger partial charge in [0.15, 0.2) is 0 Å². The lowest BCUT2D eigenvalue weighted by atomic mass is 10.1. The average Bonchev–Trinajstić information content (AvgIpc) is 2.39. The molecule has 0 amide bonds. The molecule has 0 saturated carbocycles. The highest BCUT2D eigenvalue weighted by Gasteiger charge is 2.11. The van der Waals surface area contributed by atoms with Crippen molar-refractivity contribution in [1.29, 1.82) is 0 Å². The Bertz CT molecular complexity index is 469. The number of nitrogens with zero attached hydrogens (tertiary/aromatic N) is 1. The number of nitrogens with one attached hydrogen (secondary N) is 1. The number of hydrogen-bond acceptors (Lipinski definition) is 2. The van der Waals surface area contributed by atoms with E-state index in [2.05, 4.69) is 68.3 Å². The smallest absolute Gasteiger partial charge is 0.0237 e. The molecule has 0 radical (unpaired) electrons. The minimum Gasteiger partial charge on any atom is -0.308 e. The van der Waals surface area contributed by atoms with Crippen molar-refractivity contribution in [3.8, 4) is 0 Å². The van der Waals surface area contributed by atoms with Crippen LogP contribution in [0.5, 0.6) is 0 Å². The van der Waals surface area contributed by atoms with Gasteiger partial charge in [-0.1, -0.05) is 35.9 Å². The Kier molecular flexibility index (Phi) is 5.00. The molecule has 0 bridgehead atoms. The van der Waals surface area contributed by atoms with Crippen LogP contribution < -0.4 is 5.32 Å². The molecule has 20 heavy (non-hydrogen) atoms. The van der Waals surface area contributed by atoms with Gasteiger partial charge in [0, 0.05) is 31.7 Å². The maximum absolute atomic E-state index is 3.55. The van der Waals surface area contributed by atoms with Gasteiger partial charge < -0.3 is 5.32 Å². The summed E-state index contributed by atoms with van der Waals surface area (Å²) in [5, 5.41) is 3.55. The summed E-state index contributed by atoms with van der Waals surface area (Å²) in [4.78, 5) is 2.52. The van der Waals surface area contributed by atoms with Gasteiger partial charge in [-0.25, -0.2) is 0 Å². The van der Waals surface area contributed by atoms with Crippen molar-refractivity contribution in [3.63, 3.8) is 0 Å². The molecule has 0 spiro atoms. The molecule has 0 saturated heterocycles. The molecular formula is C18H28N2. The van der Waals surface area contributed by atoms with Crippen molar-refractivity contribution in [2.45, 2.75) is 52.7 Å². The fourth-order valence-corrected chi connectivity index (χ4v) is 2.42. The van der Waals surface area contributed by atoms with Gasteiger partial charge in [0.25, 0.3) is 0 Å². The summed E-state index contributed by atoms with van der Waals surface area (Å²) in [5.74, 6) is 0. The lowest BCUT2D eigenvalue weighted by Crippen LogP contribution is -2.35. The molecule has 2 rings (SSSR count). The second kappa shape index (κ2) is 6.55. The van der Waals surface area contributed by atoms with E-state index >= 15 is 0 Å². The Labute approximate surface area is 123 Å². The molecule has 1 heterocycles. The van der Waals surface area contributed by atoms with Crippen molar-refractivity contribution in [2.24, 2.45) is 0 Å². The molecule has 110 valence electrons. The third-order valence-corrected chi connectivity index (χ3v) is 3.74. The second-order valence-corrected chi connectivity index (χ2v) is 6.96. The first kappa shape index (κ1) is 15.3. The number of rotatable bonds is 4. The van der Waals surface area contributed by atoms with Crippen molar-refractivity contribution < 1.29 is 0 Å². The zero-order chi connectivity index (χ0) is 14.6. The van der Waals surface area contributed by atoms with E-state index < -0.39 is 0 Å². The van der Waals surface area contributed by atoms with Crippen LogP contribution in [0.2, 0.25) is 0 Å². The maximum Gasteiger partial charge on any atom is 0.0237 e. The van der Waals surface area contributed by atoms with Gasteiger partial charge >= 0.3 is 0 Å². The lowest BCUT2D eigenvalue weighted by molar-refractivity contribution is 0.286. The first-order chi connectivity index (χ1) is 9.42. The molecule has 0 atom stereocenters. The molecule has 2 nitrogen and oxygen atoms in total. The average molecular weight is 272 g/mol. The van der Waals surface area contributed by atoms with E-state index in [1.54, 1.807) is 0 Å². The highest BCUT2D eigenvalue weighted by molar-refractivity contribution is 5.24. The van der Waals surface area contributed by atoms with Crippen LogP contribution in [0.4, 0.5) is 0 Å². The zero-order valence-electron chi connectivity index (χ0n) is 13.4. The SMILES string of the molecule is CC1=CCN(Cc2cccc(CNC(C)(C)C)c2)CC1. The van der Waals surface area contributed by atoms with Crippen LogP contribution in [0, 0.1) is 0 Å². The fraction of sp³-hybridized carbons (Fsp3) is 0.556. The monoisotopic (exact) mass is 272 g/mol. The molecule has 1 aliphatic heterocycles. The van der Waals surface area contributed by atoms with Crippen LogP contribution >= 0.6 is 0 Å². The second-order valence-electron chi connectivity index (χ2n) is 6.96. The van der Waals surface area contributed by atoms with Crippen LogP contribution in [0.3, 0.4) is 0 Å². The van der Waals surface area contributed by atoms with Crippen LogP contribution in [-0.4, -0.2) is 23.5 Å². The Balaban J connectivity index is 1.92. The van der Waals surface area contributed by atoms with Crippen molar-refractivity contribution in [1.82, 2.24) is 10.2 Å². The minimum atomic E-state index is 0.172. The van der Waals surface area contributed by atoms with E-state index in [4.69, 9.17) is 0 Å². The van der Waals surface area contributed by atoms with E-state index in [0.29, 0.717) is 0 Å². The highest BCUT2D eigenvalue weighted by Crippen LogP contribution is 2.14. The summed E-state index contributed by atoms with van der Waals surface area (Å²) in [6.07, 6.45) is 3.57. The quantitative estimate of drug-likeness (QED) is 0.840. The molecule has 1 aliphatic rings. The Hall–Kier alpha value is -1.12. The summed E-state index contributed by atoms with van der Waals surface area (Å²) >= 11 is 0. The predicted octanol–water partition coefficient (Wildman–Crippen LogP) is 3.73. The Morgan fingerprint density at radius 2 is 1.95 bits per heavy atom. The van der Waals surface area contributed by atoms with Gasteiger partial charge in [-0.2, -0.15) is 0 Å². The van der Waals surface area contributed by atoms with Crippen LogP contribution in [0.1, 0.15) is 45.2 Å². The summed E-state index contributed by atoms with van der Waals surface area (Å²) in [5.41, 5.74) is 4.50. The molecule has 1 aromatic carbocycles. The molecule has 2 heteroatoms. The summed E-state index contributed by atoms with van der Waals surface area (Å²) in [6, 6.07) is 8.97. The van der Waals surface area contributed by atoms with E-state index in [1.807, 2.05) is 0 Å². The van der Waals surface area contributed by atoms with Crippen LogP contribution in [0.25, 0.3) is 0 Å². The summed E-state index contributed by atoms with van der Waals surface area (Å²) in [6.45, 7) is 13.1. The predicted molar refractivity (Wildman–Crippen MR) is 86.7 cm³/mol. The van der Waals surface area contributed by atoms with Crippen molar-refractivity contribution in [3.05, 3.63) is 47.0 Å². The van der Waals surface area contributed by atoms with Crippen LogP contribution in [0.15, 0.2) is 35.9 Å². The van der Waals surface area contributed by atoms with Gasteiger partial charge in [-0.15, -0.1) is 0 Å². The molecule has 1 N–H and O–H groups in total. The van der Waals surface area contributed by atoms with E-state index in [9.17, 15) is 0 Å². The first-order valence-corrected chi connectivity index (χ1v) is 7.63. The molecule has 0 aliphatic carbocycles. The zero-order valence-corrected chi connectivity index (χ0v) is 13.4. The van der Waals surface area contributed by atoms with E-state index in [-0.39, 0.29) is 5.54 Å². The summed E-state index contributed by atoms with van der Waals surface area (Å²) < 4.78 is 0. The van der Waals surface area contributed by atoms with E-state index in [1.165, 1.54) is 29.7 Å². The maximum atomic E-state index is 3.55. The fourth-order valence-electron chi connectivity index (χ4n) is 2.42. The van der Waals surface area contributed by atoms with Gasteiger partial charge in [0.05, 0.1) is 0 Å². The molecule has 0 aromatic heterocycles. The third-order valence-electron chi connectivity index (χ3n) is 3.74. The topological polar surface area (TPSA) is 15.3 Å². The molecule has 1 aromatic rings. The summed E-state index contributed by atoms with van der Waals surface area (Å²) in [7, 11) is 0. The van der Waals surface area contributed by atoms with Crippen LogP contribution in [-0.2, 0) is 13.1 Å². The van der Waals surface area contributed by atoms with E-state index in [0.717, 1.165) is 19.6 Å².